The summed E-state index contributed by atoms with van der Waals surface area (Å²) in [6.07, 6.45) is 26.0. The van der Waals surface area contributed by atoms with E-state index < -0.39 is 17.2 Å². The average molecular weight is 2380 g/mol. The number of nitrogens with two attached hydrogens (primary N) is 3. The number of nitrogens with zero attached hydrogens (tertiary/aromatic N) is 17. The molecule has 2 amide bonds. The summed E-state index contributed by atoms with van der Waals surface area (Å²) >= 11 is 23.9. The third-order valence-electron chi connectivity index (χ3n) is 23.6. The van der Waals surface area contributed by atoms with E-state index in [9.17, 15) is 18.0 Å². The Bertz CT molecular complexity index is 6450. The number of ether oxygens (including phenoxy) is 5. The van der Waals surface area contributed by atoms with E-state index in [1.54, 1.807) is 42.6 Å². The van der Waals surface area contributed by atoms with Crippen molar-refractivity contribution in [3.05, 3.63) is 152 Å². The van der Waals surface area contributed by atoms with Gasteiger partial charge in [-0.1, -0.05) is 86.1 Å². The molecule has 0 spiro atoms. The van der Waals surface area contributed by atoms with Crippen LogP contribution in [0.1, 0.15) is 155 Å². The van der Waals surface area contributed by atoms with E-state index in [1.165, 1.54) is 43.0 Å². The number of anilines is 4. The number of carbonyl (C=O) groups is 2. The zero-order chi connectivity index (χ0) is 93.1. The van der Waals surface area contributed by atoms with Crippen molar-refractivity contribution in [2.24, 2.45) is 0 Å². The van der Waals surface area contributed by atoms with Gasteiger partial charge in [0, 0.05) is 145 Å². The Labute approximate surface area is 848 Å². The van der Waals surface area contributed by atoms with Crippen molar-refractivity contribution < 1.29 is 55.2 Å². The number of rotatable bonds is 13. The van der Waals surface area contributed by atoms with Gasteiger partial charge in [-0.25, -0.2) is 64.6 Å². The fraction of sp³-hybridized carbons (Fsp3) is 0.427. The second kappa shape index (κ2) is 46.6. The molecular weight excluding hydrogens is 2270 g/mol. The predicted octanol–water partition coefficient (Wildman–Crippen LogP) is 18.3. The molecule has 6 aliphatic rings. The number of fused-ring (bicyclic) bond motifs is 7. The fourth-order valence-corrected chi connectivity index (χ4v) is 22.6. The second-order valence-corrected chi connectivity index (χ2v) is 41.7. The molecule has 712 valence electrons. The summed E-state index contributed by atoms with van der Waals surface area (Å²) in [5, 5.41) is 18.8. The molecular formula is C89H106BCl2I4N23O12S3. The van der Waals surface area contributed by atoms with E-state index in [0.717, 1.165) is 216 Å². The van der Waals surface area contributed by atoms with Gasteiger partial charge in [0.25, 0.3) is 10.1 Å². The minimum absolute atomic E-state index is 0. The second-order valence-electron chi connectivity index (χ2n) is 32.7. The number of halogens is 6. The quantitative estimate of drug-likeness (QED) is 0.0270. The molecule has 12 aromatic heterocycles. The molecule has 0 unspecified atom stereocenters. The molecule has 18 heterocycles. The smallest absolute Gasteiger partial charge is 0.399 e. The molecule has 134 heavy (non-hydrogen) atoms. The number of ketones is 1. The normalized spacial score (nSPS) is 16.6. The van der Waals surface area contributed by atoms with Gasteiger partial charge in [-0.2, -0.15) is 13.5 Å². The minimum Gasteiger partial charge on any atom is -0.399 e. The summed E-state index contributed by atoms with van der Waals surface area (Å²) in [6.45, 7) is 19.5. The van der Waals surface area contributed by atoms with Crippen LogP contribution in [0.15, 0.2) is 122 Å². The summed E-state index contributed by atoms with van der Waals surface area (Å²) in [7, 11) is -2.46. The highest BCUT2D eigenvalue weighted by atomic mass is 127. The van der Waals surface area contributed by atoms with Gasteiger partial charge < -0.3 is 73.8 Å². The topological polar surface area (TPSA) is 447 Å². The maximum atomic E-state index is 11.9. The van der Waals surface area contributed by atoms with Gasteiger partial charge in [0.05, 0.1) is 76.0 Å². The van der Waals surface area contributed by atoms with E-state index in [-0.39, 0.29) is 48.9 Å². The Balaban J connectivity index is 0.000000135. The number of amides is 2. The molecule has 0 atom stereocenters. The van der Waals surface area contributed by atoms with Crippen molar-refractivity contribution in [1.82, 2.24) is 93.6 Å². The summed E-state index contributed by atoms with van der Waals surface area (Å²) in [5.74, 6) is 1.81. The molecule has 6 fully saturated rings. The number of hydrogen-bond acceptors (Lipinski definition) is 30. The number of thiazole rings is 2. The third kappa shape index (κ3) is 24.5. The van der Waals surface area contributed by atoms with Crippen LogP contribution in [0.5, 0.6) is 0 Å². The van der Waals surface area contributed by atoms with E-state index in [0.29, 0.717) is 102 Å². The fourth-order valence-electron chi connectivity index (χ4n) is 15.7. The van der Waals surface area contributed by atoms with E-state index in [1.807, 2.05) is 65.8 Å². The van der Waals surface area contributed by atoms with Crippen molar-refractivity contribution >= 4 is 269 Å². The number of hydrogen-bond donors (Lipinski definition) is 6. The average Bonchev–Trinajstić information content (AvgIpc) is 1.60. The number of carbonyl (C=O) groups excluding carboxylic acids is 2. The first kappa shape index (κ1) is 103. The van der Waals surface area contributed by atoms with Crippen molar-refractivity contribution in [3.8, 4) is 11.1 Å². The summed E-state index contributed by atoms with van der Waals surface area (Å²) in [6, 6.07) is 20.2. The molecule has 45 heteroatoms. The van der Waals surface area contributed by atoms with Crippen LogP contribution in [-0.2, 0) is 58.5 Å². The summed E-state index contributed by atoms with van der Waals surface area (Å²) in [4.78, 5) is 74.2. The van der Waals surface area contributed by atoms with Gasteiger partial charge in [0.2, 0.25) is 0 Å². The molecule has 6 saturated heterocycles. The number of aryl methyl sites for hydroxylation is 1. The zero-order valence-electron chi connectivity index (χ0n) is 73.2. The number of urea groups is 1. The molecule has 15 aromatic rings. The Morgan fingerprint density at radius 1 is 0.545 bits per heavy atom. The lowest BCUT2D eigenvalue weighted by Crippen LogP contribution is -2.41. The van der Waals surface area contributed by atoms with Gasteiger partial charge in [0.15, 0.2) is 10.8 Å². The number of nitrogen functional groups attached to an aromatic ring is 3. The lowest BCUT2D eigenvalue weighted by Gasteiger charge is -2.32. The van der Waals surface area contributed by atoms with E-state index in [4.69, 9.17) is 77.6 Å². The Morgan fingerprint density at radius 2 is 0.970 bits per heavy atom. The van der Waals surface area contributed by atoms with Gasteiger partial charge in [-0.3, -0.25) is 19.4 Å². The molecule has 9 N–H and O–H groups in total. The van der Waals surface area contributed by atoms with Crippen molar-refractivity contribution in [2.75, 3.05) is 95.6 Å². The Hall–Kier alpha value is -8.00. The molecule has 3 aromatic carbocycles. The Morgan fingerprint density at radius 3 is 1.46 bits per heavy atom. The monoisotopic (exact) mass is 2370 g/mol. The van der Waals surface area contributed by atoms with E-state index in [2.05, 4.69) is 226 Å². The van der Waals surface area contributed by atoms with Gasteiger partial charge in [-0.05, 0) is 237 Å². The van der Waals surface area contributed by atoms with Crippen molar-refractivity contribution in [1.29, 1.82) is 0 Å². The standard InChI is InChI=1S/C22H23N5O2S.C15H20BN3O3S.C12H16O4S.C11H11ClIN3O.2C11H13IN4O.C5H2ClIN4.2CH4/c1-2-15(28)10-19-26-17-4-3-13(9-18(17)30-19)16-11-27(14-5-7-29-8-6-14)22-20(16)21(23)24-12-25-22;1-14(2)15(3,4)22-16(21-14)9-6-7-10-11(8-9)23-13(18-10)19-12(20)17-5;1-10-2-4-12(5-3-10)17(13,14)16-11-6-8-15-9-7-11;12-10-9-8(13)5-16(11(9)15-6-14-10)7-1-3-17-4-2-7;2*12-8-5-16(7-1-3-17-4-2-7)11-9(8)10(13)14-6-15-11;6-3-2-4(7)10-11-5(2)9-1-8-3;;/h3-4,9,11-12,14H,2,5-8,10H2,1H3,(H2,23,24,25);6-8H,1-5H3,(H2,17,18,19,20);2-5,11H,6-9H2,1H3;5-7H,1-4H2;2*5-7H,1-4H2,(H2,13,14,15);1H,(H,8,9,10,11);2*1H4. The maximum absolute atomic E-state index is 11.9. The van der Waals surface area contributed by atoms with Crippen LogP contribution >= 0.6 is 136 Å². The first-order valence-electron chi connectivity index (χ1n) is 42.9. The van der Waals surface area contributed by atoms with E-state index >= 15 is 0 Å². The number of Topliss-reactive ketones (excluding diaryl/α,β-unsaturated/α-hetero) is 1. The largest absolute Gasteiger partial charge is 0.494 e. The molecule has 0 saturated carbocycles. The highest BCUT2D eigenvalue weighted by Gasteiger charge is 2.52. The third-order valence-corrected chi connectivity index (χ3v) is 30.7. The predicted molar refractivity (Wildman–Crippen MR) is 560 cm³/mol. The van der Waals surface area contributed by atoms with Crippen LogP contribution in [0.3, 0.4) is 0 Å². The first-order chi connectivity index (χ1) is 63.5. The molecule has 0 aliphatic carbocycles. The molecule has 0 radical (unpaired) electrons. The number of benzene rings is 3. The SMILES string of the molecule is C.C.CCC(=O)Cc1nc2ccc(-c3cn(C4CCOCC4)c4ncnc(N)c34)cc2s1.CNC(=O)Nc1nc2ccc(B3OC(C)(C)C(C)(C)O3)cc2s1.Cc1ccc(S(=O)(=O)OC2CCOCC2)cc1.Clc1ncnc2c1c(I)cn2C1CCOCC1.Clc1ncnc2n[nH]c(I)c12.Nc1ncnc2c1c(I)cn2C1CCOCC1.Nc1ncnc2c1c(I)cn2C1CCOCC1. The number of H-pyrrole nitrogens is 1. The minimum atomic E-state index is -3.63. The van der Waals surface area contributed by atoms with Gasteiger partial charge >= 0.3 is 13.1 Å². The number of aromatic nitrogens is 18. The maximum Gasteiger partial charge on any atom is 0.494 e. The first-order valence-corrected chi connectivity index (χ1v) is 51.0. The highest BCUT2D eigenvalue weighted by molar-refractivity contribution is 14.1. The van der Waals surface area contributed by atoms with Crippen LogP contribution in [-0.4, -0.2) is 206 Å². The van der Waals surface area contributed by atoms with Crippen LogP contribution in [0, 0.1) is 21.3 Å². The lowest BCUT2D eigenvalue weighted by molar-refractivity contribution is -0.118. The summed E-state index contributed by atoms with van der Waals surface area (Å²) in [5.41, 5.74) is 27.4. The molecule has 35 nitrogen and oxygen atoms in total. The highest BCUT2D eigenvalue weighted by Crippen LogP contribution is 2.42. The molecule has 0 bridgehead atoms. The van der Waals surface area contributed by atoms with Crippen LogP contribution < -0.4 is 33.3 Å². The van der Waals surface area contributed by atoms with Gasteiger partial charge in [-0.15, -0.1) is 11.3 Å². The van der Waals surface area contributed by atoms with Crippen LogP contribution in [0.25, 0.3) is 86.7 Å². The molecule has 6 aliphatic heterocycles. The lowest BCUT2D eigenvalue weighted by atomic mass is 9.79. The van der Waals surface area contributed by atoms with Crippen molar-refractivity contribution in [2.45, 2.75) is 180 Å². The van der Waals surface area contributed by atoms with Crippen LogP contribution in [0.2, 0.25) is 10.3 Å². The summed E-state index contributed by atoms with van der Waals surface area (Å²) < 4.78 is 83.2. The Kier molecular flexibility index (Phi) is 36.0. The van der Waals surface area contributed by atoms with Gasteiger partial charge in [0.1, 0.15) is 96.5 Å². The number of nitrogens with one attached hydrogen (secondary N) is 3. The van der Waals surface area contributed by atoms with Crippen molar-refractivity contribution in [3.63, 3.8) is 0 Å². The molecule has 21 rings (SSSR count). The number of aromatic amines is 1. The zero-order valence-corrected chi connectivity index (χ0v) is 85.8. The van der Waals surface area contributed by atoms with Crippen LogP contribution in [0.4, 0.5) is 27.4 Å².